The highest BCUT2D eigenvalue weighted by Gasteiger charge is 2.53. The third-order valence-electron chi connectivity index (χ3n) is 7.47. The van der Waals surface area contributed by atoms with Crippen molar-refractivity contribution in [2.24, 2.45) is 0 Å². The third kappa shape index (κ3) is 5.72. The van der Waals surface area contributed by atoms with E-state index in [1.165, 1.54) is 27.7 Å². The molecule has 3 aliphatic heterocycles. The average molecular weight is 708 g/mol. The molecular formula is C21H27N9O13P2S. The maximum Gasteiger partial charge on any atom is 0.472 e. The van der Waals surface area contributed by atoms with E-state index in [9.17, 15) is 33.9 Å². The highest BCUT2D eigenvalue weighted by molar-refractivity contribution is 7.59. The number of nitrogen functional groups attached to an aromatic ring is 2. The largest absolute Gasteiger partial charge is 0.472 e. The van der Waals surface area contributed by atoms with Crippen LogP contribution in [0.25, 0.3) is 22.2 Å². The number of nitrogens with one attached hydrogen (secondary N) is 1. The number of aliphatic hydroxyl groups excluding tert-OH is 2. The smallest absolute Gasteiger partial charge is 0.387 e. The van der Waals surface area contributed by atoms with E-state index in [0.717, 1.165) is 6.33 Å². The molecule has 22 nitrogen and oxygen atoms in total. The molecule has 0 aliphatic carbocycles. The van der Waals surface area contributed by atoms with E-state index >= 15 is 0 Å². The number of phosphoric acid groups is 2. The van der Waals surface area contributed by atoms with Gasteiger partial charge >= 0.3 is 15.6 Å². The molecule has 0 aromatic carbocycles. The summed E-state index contributed by atoms with van der Waals surface area (Å²) >= 11 is 0. The Morgan fingerprint density at radius 2 is 1.57 bits per heavy atom. The number of rotatable bonds is 2. The number of fused-ring (bicyclic) bond motifs is 5. The standard InChI is InChI=1S/C21H25N9O13P2.H2S/c22-15-10-17(25-5-24-15)30(6-26-10)19-12(32)13-9(41-19)4-39-45(36,37)43-14-11(31)8(3-38-44(34,35)42-13)40-20(14)29-2-1-7-16(29)27-21(23)28-18(7)33;/h1-2,5-6,8-9,11-14,19-20,31-32H,3-4H2,(H,34,35)(H,36,37)(H2,22,24,25)(H3,23,27,28,33);1H2/t8-,9-,11+,12+,13?,14?,19-,20-;/m1./s1. The summed E-state index contributed by atoms with van der Waals surface area (Å²) in [6, 6.07) is 1.36. The molecule has 250 valence electrons. The molecule has 25 heteroatoms. The van der Waals surface area contributed by atoms with Crippen LogP contribution in [0.4, 0.5) is 11.8 Å². The highest BCUT2D eigenvalue weighted by Crippen LogP contribution is 2.53. The summed E-state index contributed by atoms with van der Waals surface area (Å²) < 4.78 is 61.3. The highest BCUT2D eigenvalue weighted by atomic mass is 32.1. The summed E-state index contributed by atoms with van der Waals surface area (Å²) in [5.41, 5.74) is 11.2. The fraction of sp³-hybridized carbons (Fsp3) is 0.476. The second-order valence-corrected chi connectivity index (χ2v) is 13.1. The van der Waals surface area contributed by atoms with Gasteiger partial charge in [0, 0.05) is 6.20 Å². The molecule has 0 saturated carbocycles. The molecule has 7 heterocycles. The number of anilines is 2. The van der Waals surface area contributed by atoms with Crippen LogP contribution in [0.5, 0.6) is 0 Å². The van der Waals surface area contributed by atoms with Gasteiger partial charge in [-0.25, -0.2) is 24.1 Å². The maximum atomic E-state index is 13.2. The first-order chi connectivity index (χ1) is 21.3. The molecule has 3 fully saturated rings. The molecule has 4 aromatic heterocycles. The number of aromatic amines is 1. The Morgan fingerprint density at radius 1 is 0.891 bits per heavy atom. The SMILES string of the molecule is Nc1nc2c(ccn2[C@@H]2O[C@@H]3COP(=O)(O)OC4[C@@H](COP(=O)(O)OC2[C@H]3O)O[C@@H](n2cnc3c(N)ncnc32)[C@H]4O)c(=O)[nH]1.S. The molecule has 10 atom stereocenters. The van der Waals surface area contributed by atoms with Crippen LogP contribution in [0.15, 0.2) is 29.7 Å². The molecule has 7 rings (SSSR count). The van der Waals surface area contributed by atoms with Crippen molar-refractivity contribution in [3.63, 3.8) is 0 Å². The van der Waals surface area contributed by atoms with E-state index in [4.69, 9.17) is 39.0 Å². The molecule has 0 radical (unpaired) electrons. The fourth-order valence-corrected chi connectivity index (χ4v) is 7.33. The van der Waals surface area contributed by atoms with Gasteiger partial charge in [-0.15, -0.1) is 0 Å². The van der Waals surface area contributed by atoms with Gasteiger partial charge in [0.25, 0.3) is 5.56 Å². The Kier molecular flexibility index (Phi) is 8.51. The Morgan fingerprint density at radius 3 is 2.30 bits per heavy atom. The fourth-order valence-electron chi connectivity index (χ4n) is 5.43. The summed E-state index contributed by atoms with van der Waals surface area (Å²) in [5, 5.41) is 22.2. The quantitative estimate of drug-likeness (QED) is 0.115. The van der Waals surface area contributed by atoms with Crippen LogP contribution in [-0.2, 0) is 36.7 Å². The van der Waals surface area contributed by atoms with Crippen LogP contribution in [-0.4, -0.2) is 104 Å². The summed E-state index contributed by atoms with van der Waals surface area (Å²) in [7, 11) is -10.1. The molecule has 46 heavy (non-hydrogen) atoms. The first-order valence-electron chi connectivity index (χ1n) is 13.1. The lowest BCUT2D eigenvalue weighted by Crippen LogP contribution is -2.36. The van der Waals surface area contributed by atoms with Crippen molar-refractivity contribution >= 4 is 63.1 Å². The van der Waals surface area contributed by atoms with Gasteiger partial charge in [-0.3, -0.25) is 32.4 Å². The number of nitrogens with zero attached hydrogens (tertiary/aromatic N) is 6. The van der Waals surface area contributed by atoms with E-state index in [-0.39, 0.29) is 47.5 Å². The second-order valence-electron chi connectivity index (χ2n) is 10.3. The van der Waals surface area contributed by atoms with E-state index in [1.807, 2.05) is 0 Å². The molecule has 9 N–H and O–H groups in total. The Labute approximate surface area is 262 Å². The summed E-state index contributed by atoms with van der Waals surface area (Å²) in [6.07, 6.45) is -8.76. The molecule has 3 saturated heterocycles. The lowest BCUT2D eigenvalue weighted by Gasteiger charge is -2.26. The predicted octanol–water partition coefficient (Wildman–Crippen LogP) is -1.62. The predicted molar refractivity (Wildman–Crippen MR) is 156 cm³/mol. The minimum absolute atomic E-state index is 0. The molecule has 3 aliphatic rings. The van der Waals surface area contributed by atoms with Crippen LogP contribution >= 0.6 is 29.1 Å². The number of H-pyrrole nitrogens is 1. The van der Waals surface area contributed by atoms with Crippen molar-refractivity contribution in [1.82, 2.24) is 34.1 Å². The zero-order valence-electron chi connectivity index (χ0n) is 23.0. The summed E-state index contributed by atoms with van der Waals surface area (Å²) in [4.78, 5) is 52.1. The number of nitrogens with two attached hydrogens (primary N) is 2. The van der Waals surface area contributed by atoms with Gasteiger partial charge < -0.3 is 45.5 Å². The Hall–Kier alpha value is -3.02. The molecule has 0 amide bonds. The van der Waals surface area contributed by atoms with Crippen LogP contribution in [0.2, 0.25) is 0 Å². The maximum absolute atomic E-state index is 13.2. The van der Waals surface area contributed by atoms with Crippen LogP contribution in [0, 0.1) is 0 Å². The van der Waals surface area contributed by atoms with E-state index in [1.54, 1.807) is 0 Å². The summed E-state index contributed by atoms with van der Waals surface area (Å²) in [6.45, 7) is -1.62. The number of hydrogen-bond acceptors (Lipinski definition) is 17. The van der Waals surface area contributed by atoms with E-state index in [2.05, 4.69) is 24.9 Å². The van der Waals surface area contributed by atoms with Gasteiger partial charge in [-0.2, -0.15) is 18.5 Å². The molecular weight excluding hydrogens is 680 g/mol. The first kappa shape index (κ1) is 32.9. The van der Waals surface area contributed by atoms with Gasteiger partial charge in [-0.1, -0.05) is 0 Å². The molecule has 4 unspecified atom stereocenters. The lowest BCUT2D eigenvalue weighted by molar-refractivity contribution is -0.0670. The monoisotopic (exact) mass is 707 g/mol. The number of ether oxygens (including phenoxy) is 2. The van der Waals surface area contributed by atoms with Gasteiger partial charge in [0.1, 0.15) is 48.5 Å². The van der Waals surface area contributed by atoms with Crippen molar-refractivity contribution in [3.05, 3.63) is 35.3 Å². The van der Waals surface area contributed by atoms with Gasteiger partial charge in [0.05, 0.1) is 24.9 Å². The number of aliphatic hydroxyl groups is 2. The minimum atomic E-state index is -5.09. The van der Waals surface area contributed by atoms with Crippen molar-refractivity contribution < 1.29 is 56.7 Å². The van der Waals surface area contributed by atoms with E-state index < -0.39 is 83.5 Å². The average Bonchev–Trinajstić information content (AvgIpc) is 3.72. The minimum Gasteiger partial charge on any atom is -0.387 e. The van der Waals surface area contributed by atoms with Gasteiger partial charge in [0.2, 0.25) is 5.95 Å². The first-order valence-corrected chi connectivity index (χ1v) is 16.1. The summed E-state index contributed by atoms with van der Waals surface area (Å²) in [5.74, 6) is -0.206. The molecule has 0 spiro atoms. The van der Waals surface area contributed by atoms with Crippen molar-refractivity contribution in [1.29, 1.82) is 0 Å². The normalized spacial score (nSPS) is 36.9. The third-order valence-corrected chi connectivity index (χ3v) is 9.44. The van der Waals surface area contributed by atoms with Crippen LogP contribution in [0.1, 0.15) is 12.5 Å². The topological polar surface area (TPSA) is 317 Å². The van der Waals surface area contributed by atoms with Gasteiger partial charge in [-0.05, 0) is 6.07 Å². The lowest BCUT2D eigenvalue weighted by atomic mass is 10.1. The molecule has 2 bridgehead atoms. The second kappa shape index (κ2) is 11.9. The number of hydrogen-bond donors (Lipinski definition) is 7. The van der Waals surface area contributed by atoms with Crippen molar-refractivity contribution in [3.8, 4) is 0 Å². The number of phosphoric ester groups is 2. The van der Waals surface area contributed by atoms with Crippen molar-refractivity contribution in [2.45, 2.75) is 49.1 Å². The zero-order valence-corrected chi connectivity index (χ0v) is 25.8. The molecule has 4 aromatic rings. The zero-order chi connectivity index (χ0) is 31.8. The number of aromatic nitrogens is 7. The number of imidazole rings is 1. The van der Waals surface area contributed by atoms with E-state index in [0.29, 0.717) is 0 Å². The van der Waals surface area contributed by atoms with Gasteiger partial charge in [0.15, 0.2) is 29.6 Å². The van der Waals surface area contributed by atoms with Crippen molar-refractivity contribution in [2.75, 3.05) is 24.7 Å². The van der Waals surface area contributed by atoms with Crippen LogP contribution in [0.3, 0.4) is 0 Å². The Bertz CT molecular complexity index is 1940. The Balaban J connectivity index is 0.00000372. The van der Waals surface area contributed by atoms with Crippen LogP contribution < -0.4 is 17.0 Å².